The summed E-state index contributed by atoms with van der Waals surface area (Å²) < 4.78 is 4.65. The molecule has 0 heterocycles. The highest BCUT2D eigenvalue weighted by molar-refractivity contribution is 5.97. The van der Waals surface area contributed by atoms with Gasteiger partial charge in [0.25, 0.3) is 0 Å². The number of fused-ring (bicyclic) bond motifs is 1. The van der Waals surface area contributed by atoms with Gasteiger partial charge >= 0.3 is 5.97 Å². The van der Waals surface area contributed by atoms with E-state index in [9.17, 15) is 4.79 Å². The number of nitrogens with zero attached hydrogens (tertiary/aromatic N) is 1. The van der Waals surface area contributed by atoms with Crippen LogP contribution in [0.4, 0.5) is 0 Å². The molecule has 3 atom stereocenters. The van der Waals surface area contributed by atoms with Crippen molar-refractivity contribution in [3.63, 3.8) is 0 Å². The predicted octanol–water partition coefficient (Wildman–Crippen LogP) is 0.646. The van der Waals surface area contributed by atoms with Crippen molar-refractivity contribution in [1.82, 2.24) is 0 Å². The van der Waals surface area contributed by atoms with Gasteiger partial charge in [-0.3, -0.25) is 4.79 Å². The molecule has 2 bridgehead atoms. The number of oxime groups is 1. The van der Waals surface area contributed by atoms with E-state index in [-0.39, 0.29) is 17.8 Å². The van der Waals surface area contributed by atoms with Gasteiger partial charge in [-0.05, 0) is 18.8 Å². The van der Waals surface area contributed by atoms with Gasteiger partial charge in [0.15, 0.2) is 0 Å². The smallest absolute Gasteiger partial charge is 0.309 e. The van der Waals surface area contributed by atoms with Crippen molar-refractivity contribution >= 4 is 11.7 Å². The fourth-order valence-corrected chi connectivity index (χ4v) is 2.33. The second-order valence-corrected chi connectivity index (χ2v) is 3.45. The zero-order valence-electron chi connectivity index (χ0n) is 6.86. The Bertz CT molecular complexity index is 249. The van der Waals surface area contributed by atoms with Gasteiger partial charge in [-0.15, -0.1) is 0 Å². The van der Waals surface area contributed by atoms with Crippen LogP contribution in [0, 0.1) is 17.8 Å². The molecule has 0 radical (unpaired) electrons. The summed E-state index contributed by atoms with van der Waals surface area (Å²) >= 11 is 0. The molecule has 3 aliphatic carbocycles. The Kier molecular flexibility index (Phi) is 1.56. The minimum absolute atomic E-state index is 0.0269. The van der Waals surface area contributed by atoms with Crippen molar-refractivity contribution in [2.24, 2.45) is 22.9 Å². The molecule has 0 amide bonds. The van der Waals surface area contributed by atoms with Gasteiger partial charge in [0, 0.05) is 5.92 Å². The summed E-state index contributed by atoms with van der Waals surface area (Å²) in [6.45, 7) is 0. The second-order valence-electron chi connectivity index (χ2n) is 3.45. The Morgan fingerprint density at radius 2 is 2.50 bits per heavy atom. The Labute approximate surface area is 70.2 Å². The fourth-order valence-electron chi connectivity index (χ4n) is 2.33. The maximum Gasteiger partial charge on any atom is 0.309 e. The summed E-state index contributed by atoms with van der Waals surface area (Å²) in [6.07, 6.45) is 1.75. The van der Waals surface area contributed by atoms with E-state index >= 15 is 0 Å². The van der Waals surface area contributed by atoms with Crippen molar-refractivity contribution in [3.05, 3.63) is 0 Å². The van der Waals surface area contributed by atoms with Crippen LogP contribution in [0.25, 0.3) is 0 Å². The monoisotopic (exact) mass is 169 g/mol. The topological polar surface area (TPSA) is 58.9 Å². The van der Waals surface area contributed by atoms with E-state index in [0.717, 1.165) is 18.6 Å². The number of esters is 1. The van der Waals surface area contributed by atoms with Gasteiger partial charge < -0.3 is 9.94 Å². The molecule has 0 aromatic rings. The minimum atomic E-state index is -0.157. The minimum Gasteiger partial charge on any atom is -0.469 e. The van der Waals surface area contributed by atoms with Gasteiger partial charge in [-0.2, -0.15) is 0 Å². The van der Waals surface area contributed by atoms with Gasteiger partial charge in [-0.25, -0.2) is 0 Å². The third-order valence-corrected chi connectivity index (χ3v) is 3.00. The third-order valence-electron chi connectivity index (χ3n) is 3.00. The van der Waals surface area contributed by atoms with Crippen molar-refractivity contribution in [2.75, 3.05) is 7.11 Å². The number of rotatable bonds is 1. The van der Waals surface area contributed by atoms with Crippen molar-refractivity contribution in [1.29, 1.82) is 0 Å². The summed E-state index contributed by atoms with van der Waals surface area (Å²) in [4.78, 5) is 11.2. The molecule has 0 aromatic carbocycles. The number of carbonyl (C=O) groups is 1. The molecule has 1 N–H and O–H groups in total. The third kappa shape index (κ3) is 0.777. The van der Waals surface area contributed by atoms with Gasteiger partial charge in [0.2, 0.25) is 0 Å². The maximum absolute atomic E-state index is 11.2. The Hall–Kier alpha value is -1.06. The Morgan fingerprint density at radius 3 is 3.00 bits per heavy atom. The molecule has 4 heteroatoms. The normalized spacial score (nSPS) is 41.1. The van der Waals surface area contributed by atoms with Crippen LogP contribution < -0.4 is 0 Å². The van der Waals surface area contributed by atoms with Crippen LogP contribution in [0.2, 0.25) is 0 Å². The van der Waals surface area contributed by atoms with E-state index in [2.05, 4.69) is 9.89 Å². The highest BCUT2D eigenvalue weighted by Gasteiger charge is 2.55. The number of hydrogen-bond acceptors (Lipinski definition) is 4. The average Bonchev–Trinajstić information content (AvgIpc) is 2.59. The van der Waals surface area contributed by atoms with Crippen LogP contribution in [0.15, 0.2) is 5.16 Å². The van der Waals surface area contributed by atoms with Crippen molar-refractivity contribution in [3.8, 4) is 0 Å². The first-order chi connectivity index (χ1) is 5.77. The van der Waals surface area contributed by atoms with Gasteiger partial charge in [-0.1, -0.05) is 5.16 Å². The van der Waals surface area contributed by atoms with Crippen molar-refractivity contribution < 1.29 is 14.7 Å². The lowest BCUT2D eigenvalue weighted by molar-refractivity contribution is -0.152. The molecule has 3 fully saturated rings. The number of hydrogen-bond donors (Lipinski definition) is 1. The van der Waals surface area contributed by atoms with E-state index in [1.807, 2.05) is 0 Å². The quantitative estimate of drug-likeness (QED) is 0.356. The molecule has 66 valence electrons. The van der Waals surface area contributed by atoms with E-state index in [1.165, 1.54) is 7.11 Å². The van der Waals surface area contributed by atoms with Crippen LogP contribution in [0.5, 0.6) is 0 Å². The first-order valence-electron chi connectivity index (χ1n) is 4.06. The molecule has 0 aliphatic heterocycles. The Morgan fingerprint density at radius 1 is 1.75 bits per heavy atom. The summed E-state index contributed by atoms with van der Waals surface area (Å²) in [5, 5.41) is 11.8. The standard InChI is InChI=1S/C8H11NO3/c1-12-8(10)7-4-2-5(7)6(3-4)9-11/h4-5,7,11H,2-3H2,1H3/b9-6+/t4-,5-,7-/m1/s1. The maximum atomic E-state index is 11.2. The lowest BCUT2D eigenvalue weighted by Crippen LogP contribution is -2.37. The molecule has 0 unspecified atom stereocenters. The van der Waals surface area contributed by atoms with Gasteiger partial charge in [0.1, 0.15) is 0 Å². The average molecular weight is 169 g/mol. The van der Waals surface area contributed by atoms with Crippen LogP contribution in [0.3, 0.4) is 0 Å². The van der Waals surface area contributed by atoms with Crippen LogP contribution in [-0.4, -0.2) is 24.0 Å². The van der Waals surface area contributed by atoms with E-state index in [1.54, 1.807) is 0 Å². The SMILES string of the molecule is COC(=O)[C@@H]1[C@H]2C/C(=N\O)[C@H]1C2. The molecule has 3 aliphatic rings. The highest BCUT2D eigenvalue weighted by Crippen LogP contribution is 2.52. The largest absolute Gasteiger partial charge is 0.469 e. The van der Waals surface area contributed by atoms with Gasteiger partial charge in [0.05, 0.1) is 18.7 Å². The summed E-state index contributed by atoms with van der Waals surface area (Å²) in [7, 11) is 1.40. The molecule has 3 saturated carbocycles. The zero-order chi connectivity index (χ0) is 8.72. The predicted molar refractivity (Wildman–Crippen MR) is 40.9 cm³/mol. The molecule has 0 spiro atoms. The molecule has 12 heavy (non-hydrogen) atoms. The van der Waals surface area contributed by atoms with Crippen molar-refractivity contribution in [2.45, 2.75) is 12.8 Å². The lowest BCUT2D eigenvalue weighted by Gasteiger charge is -2.31. The van der Waals surface area contributed by atoms with E-state index < -0.39 is 0 Å². The molecular formula is C8H11NO3. The highest BCUT2D eigenvalue weighted by atomic mass is 16.5. The summed E-state index contributed by atoms with van der Waals surface area (Å²) in [5.74, 6) is 0.344. The molecule has 3 rings (SSSR count). The Balaban J connectivity index is 2.11. The number of methoxy groups -OCH3 is 1. The second kappa shape index (κ2) is 2.47. The summed E-state index contributed by atoms with van der Waals surface area (Å²) in [6, 6.07) is 0. The summed E-state index contributed by atoms with van der Waals surface area (Å²) in [5.41, 5.74) is 0.774. The zero-order valence-corrected chi connectivity index (χ0v) is 6.86. The first kappa shape index (κ1) is 7.58. The fraction of sp³-hybridized carbons (Fsp3) is 0.750. The van der Waals surface area contributed by atoms with E-state index in [4.69, 9.17) is 5.21 Å². The molecule has 0 aromatic heterocycles. The van der Waals surface area contributed by atoms with Crippen LogP contribution >= 0.6 is 0 Å². The molecule has 0 saturated heterocycles. The molecule has 4 nitrogen and oxygen atoms in total. The van der Waals surface area contributed by atoms with Crippen LogP contribution in [0.1, 0.15) is 12.8 Å². The number of carbonyl (C=O) groups excluding carboxylic acids is 1. The van der Waals surface area contributed by atoms with E-state index in [0.29, 0.717) is 5.92 Å². The lowest BCUT2D eigenvalue weighted by atomic mass is 9.72. The first-order valence-corrected chi connectivity index (χ1v) is 4.06. The molecular weight excluding hydrogens is 158 g/mol. The van der Waals surface area contributed by atoms with Crippen LogP contribution in [-0.2, 0) is 9.53 Å². The number of ether oxygens (including phenoxy) is 1.